The minimum atomic E-state index is -0.359. The molecule has 1 heterocycles. The fourth-order valence-electron chi connectivity index (χ4n) is 2.02. The van der Waals surface area contributed by atoms with Crippen molar-refractivity contribution in [1.29, 1.82) is 0 Å². The summed E-state index contributed by atoms with van der Waals surface area (Å²) >= 11 is 0. The second-order valence-corrected chi connectivity index (χ2v) is 4.90. The average Bonchev–Trinajstić information content (AvgIpc) is 2.91. The van der Waals surface area contributed by atoms with Crippen LogP contribution in [0.5, 0.6) is 5.75 Å². The predicted octanol–water partition coefficient (Wildman–Crippen LogP) is 2.37. The van der Waals surface area contributed by atoms with Crippen molar-refractivity contribution in [3.63, 3.8) is 0 Å². The lowest BCUT2D eigenvalue weighted by molar-refractivity contribution is -0.120. The van der Waals surface area contributed by atoms with E-state index < -0.39 is 0 Å². The highest BCUT2D eigenvalue weighted by Crippen LogP contribution is 2.20. The highest BCUT2D eigenvalue weighted by Gasteiger charge is 2.17. The predicted molar refractivity (Wildman–Crippen MR) is 85.5 cm³/mol. The zero-order valence-corrected chi connectivity index (χ0v) is 13.3. The van der Waals surface area contributed by atoms with E-state index in [4.69, 9.17) is 9.26 Å². The molecule has 0 spiro atoms. The van der Waals surface area contributed by atoms with Crippen molar-refractivity contribution in [2.45, 2.75) is 20.8 Å². The maximum absolute atomic E-state index is 12.1. The van der Waals surface area contributed by atoms with Crippen LogP contribution in [0.1, 0.15) is 19.6 Å². The smallest absolute Gasteiger partial charge is 0.245 e. The molecule has 2 aromatic rings. The third kappa shape index (κ3) is 4.57. The van der Waals surface area contributed by atoms with Crippen molar-refractivity contribution in [1.82, 2.24) is 5.16 Å². The molecule has 0 aliphatic rings. The van der Waals surface area contributed by atoms with E-state index in [1.807, 2.05) is 6.92 Å². The largest absolute Gasteiger partial charge is 0.494 e. The summed E-state index contributed by atoms with van der Waals surface area (Å²) < 4.78 is 10.2. The standard InChI is InChI=1S/C16H19N3O4/c1-4-22-14-7-5-13(6-8-14)19(12(3)20)10-16(21)17-15-9-11(2)23-18-15/h5-9H,4,10H2,1-3H3,(H,17,18,21). The molecule has 23 heavy (non-hydrogen) atoms. The van der Waals surface area contributed by atoms with Gasteiger partial charge in [-0.05, 0) is 38.1 Å². The first-order valence-corrected chi connectivity index (χ1v) is 7.23. The first-order valence-electron chi connectivity index (χ1n) is 7.23. The van der Waals surface area contributed by atoms with Gasteiger partial charge in [-0.15, -0.1) is 0 Å². The van der Waals surface area contributed by atoms with Gasteiger partial charge >= 0.3 is 0 Å². The molecular weight excluding hydrogens is 298 g/mol. The number of aryl methyl sites for hydroxylation is 1. The first kappa shape index (κ1) is 16.5. The fraction of sp³-hybridized carbons (Fsp3) is 0.312. The summed E-state index contributed by atoms with van der Waals surface area (Å²) in [7, 11) is 0. The minimum absolute atomic E-state index is 0.116. The molecule has 0 bridgehead atoms. The Hall–Kier alpha value is -2.83. The zero-order valence-electron chi connectivity index (χ0n) is 13.3. The van der Waals surface area contributed by atoms with Crippen LogP contribution in [0.4, 0.5) is 11.5 Å². The number of aromatic nitrogens is 1. The number of anilines is 2. The van der Waals surface area contributed by atoms with Crippen molar-refractivity contribution in [3.8, 4) is 5.75 Å². The van der Waals surface area contributed by atoms with Crippen LogP contribution in [0.25, 0.3) is 0 Å². The molecule has 0 atom stereocenters. The van der Waals surface area contributed by atoms with Gasteiger partial charge in [0.2, 0.25) is 11.8 Å². The highest BCUT2D eigenvalue weighted by atomic mass is 16.5. The van der Waals surface area contributed by atoms with Gasteiger partial charge in [0.25, 0.3) is 0 Å². The van der Waals surface area contributed by atoms with E-state index in [0.29, 0.717) is 29.6 Å². The van der Waals surface area contributed by atoms with Crippen molar-refractivity contribution in [2.75, 3.05) is 23.4 Å². The van der Waals surface area contributed by atoms with E-state index in [2.05, 4.69) is 10.5 Å². The number of amides is 2. The molecule has 122 valence electrons. The van der Waals surface area contributed by atoms with Gasteiger partial charge in [-0.25, -0.2) is 0 Å². The molecule has 1 N–H and O–H groups in total. The zero-order chi connectivity index (χ0) is 16.8. The Balaban J connectivity index is 2.05. The van der Waals surface area contributed by atoms with Crippen molar-refractivity contribution in [2.24, 2.45) is 0 Å². The molecule has 2 amide bonds. The molecule has 0 radical (unpaired) electrons. The molecule has 1 aromatic heterocycles. The van der Waals surface area contributed by atoms with Crippen molar-refractivity contribution >= 4 is 23.3 Å². The Bertz CT molecular complexity index is 679. The third-order valence-electron chi connectivity index (χ3n) is 3.04. The van der Waals surface area contributed by atoms with E-state index in [1.165, 1.54) is 11.8 Å². The molecule has 7 heteroatoms. The molecule has 0 aliphatic carbocycles. The van der Waals surface area contributed by atoms with Crippen LogP contribution in [0.15, 0.2) is 34.9 Å². The van der Waals surface area contributed by atoms with E-state index in [-0.39, 0.29) is 18.4 Å². The molecule has 2 rings (SSSR count). The lowest BCUT2D eigenvalue weighted by Crippen LogP contribution is -2.36. The summed E-state index contributed by atoms with van der Waals surface area (Å²) in [4.78, 5) is 25.3. The van der Waals surface area contributed by atoms with Crippen molar-refractivity contribution < 1.29 is 18.8 Å². The molecule has 7 nitrogen and oxygen atoms in total. The normalized spacial score (nSPS) is 10.2. The van der Waals surface area contributed by atoms with E-state index in [0.717, 1.165) is 0 Å². The summed E-state index contributed by atoms with van der Waals surface area (Å²) in [6.07, 6.45) is 0. The summed E-state index contributed by atoms with van der Waals surface area (Å²) in [6, 6.07) is 8.59. The van der Waals surface area contributed by atoms with Crippen LogP contribution in [0.2, 0.25) is 0 Å². The average molecular weight is 317 g/mol. The Kier molecular flexibility index (Phi) is 5.35. The van der Waals surface area contributed by atoms with Crippen LogP contribution >= 0.6 is 0 Å². The van der Waals surface area contributed by atoms with Crippen molar-refractivity contribution in [3.05, 3.63) is 36.1 Å². The quantitative estimate of drug-likeness (QED) is 0.884. The Morgan fingerprint density at radius 2 is 2.00 bits per heavy atom. The van der Waals surface area contributed by atoms with Crippen LogP contribution in [0.3, 0.4) is 0 Å². The van der Waals surface area contributed by atoms with Gasteiger partial charge in [0.1, 0.15) is 18.1 Å². The highest BCUT2D eigenvalue weighted by molar-refractivity contribution is 6.01. The van der Waals surface area contributed by atoms with E-state index in [9.17, 15) is 9.59 Å². The topological polar surface area (TPSA) is 84.7 Å². The Labute approximate surface area is 134 Å². The number of carbonyl (C=O) groups excluding carboxylic acids is 2. The van der Waals surface area contributed by atoms with Gasteiger partial charge in [0, 0.05) is 18.7 Å². The number of hydrogen-bond donors (Lipinski definition) is 1. The van der Waals surface area contributed by atoms with Gasteiger partial charge in [-0.2, -0.15) is 0 Å². The molecule has 0 fully saturated rings. The minimum Gasteiger partial charge on any atom is -0.494 e. The van der Waals surface area contributed by atoms with Gasteiger partial charge in [-0.3, -0.25) is 9.59 Å². The monoisotopic (exact) mass is 317 g/mol. The first-order chi connectivity index (χ1) is 11.0. The number of nitrogens with one attached hydrogen (secondary N) is 1. The molecule has 0 saturated carbocycles. The van der Waals surface area contributed by atoms with E-state index in [1.54, 1.807) is 37.3 Å². The molecular formula is C16H19N3O4. The number of ether oxygens (including phenoxy) is 1. The maximum atomic E-state index is 12.1. The van der Waals surface area contributed by atoms with Crippen LogP contribution in [-0.4, -0.2) is 30.1 Å². The molecule has 0 unspecified atom stereocenters. The summed E-state index contributed by atoms with van der Waals surface area (Å²) in [5, 5.41) is 6.27. The number of rotatable bonds is 6. The van der Waals surface area contributed by atoms with Crippen LogP contribution in [0, 0.1) is 6.92 Å². The second kappa shape index (κ2) is 7.44. The Morgan fingerprint density at radius 1 is 1.30 bits per heavy atom. The van der Waals surface area contributed by atoms with Gasteiger partial charge < -0.3 is 19.5 Å². The van der Waals surface area contributed by atoms with Crippen LogP contribution < -0.4 is 15.0 Å². The van der Waals surface area contributed by atoms with Crippen LogP contribution in [-0.2, 0) is 9.59 Å². The third-order valence-corrected chi connectivity index (χ3v) is 3.04. The number of hydrogen-bond acceptors (Lipinski definition) is 5. The SMILES string of the molecule is CCOc1ccc(N(CC(=O)Nc2cc(C)on2)C(C)=O)cc1. The molecule has 1 aromatic carbocycles. The lowest BCUT2D eigenvalue weighted by Gasteiger charge is -2.20. The number of benzene rings is 1. The molecule has 0 saturated heterocycles. The number of nitrogens with zero attached hydrogens (tertiary/aromatic N) is 2. The lowest BCUT2D eigenvalue weighted by atomic mass is 10.2. The summed E-state index contributed by atoms with van der Waals surface area (Å²) in [5.74, 6) is 1.03. The second-order valence-electron chi connectivity index (χ2n) is 4.90. The van der Waals surface area contributed by atoms with Gasteiger partial charge in [0.15, 0.2) is 5.82 Å². The Morgan fingerprint density at radius 3 is 2.52 bits per heavy atom. The van der Waals surface area contributed by atoms with Gasteiger partial charge in [-0.1, -0.05) is 5.16 Å². The summed E-state index contributed by atoms with van der Waals surface area (Å²) in [6.45, 7) is 5.48. The van der Waals surface area contributed by atoms with E-state index >= 15 is 0 Å². The fourth-order valence-corrected chi connectivity index (χ4v) is 2.02. The molecule has 0 aliphatic heterocycles. The van der Waals surface area contributed by atoms with Gasteiger partial charge in [0.05, 0.1) is 6.61 Å². The maximum Gasteiger partial charge on any atom is 0.245 e. The summed E-state index contributed by atoms with van der Waals surface area (Å²) in [5.41, 5.74) is 0.618. The number of carbonyl (C=O) groups is 2.